The van der Waals surface area contributed by atoms with Crippen molar-refractivity contribution in [2.45, 2.75) is 52.1 Å². The molecule has 0 aliphatic carbocycles. The van der Waals surface area contributed by atoms with E-state index in [2.05, 4.69) is 46.0 Å². The molecule has 21 heavy (non-hydrogen) atoms. The van der Waals surface area contributed by atoms with E-state index >= 15 is 0 Å². The summed E-state index contributed by atoms with van der Waals surface area (Å²) in [5, 5.41) is 3.64. The van der Waals surface area contributed by atoms with E-state index in [1.165, 1.54) is 11.4 Å². The number of imidazole rings is 1. The van der Waals surface area contributed by atoms with Gasteiger partial charge in [0.15, 0.2) is 0 Å². The summed E-state index contributed by atoms with van der Waals surface area (Å²) in [6, 6.07) is 4.56. The first kappa shape index (κ1) is 15.7. The second-order valence-corrected chi connectivity index (χ2v) is 5.46. The molecule has 2 rings (SSSR count). The number of hydrogen-bond donors (Lipinski definition) is 1. The summed E-state index contributed by atoms with van der Waals surface area (Å²) in [5.74, 6) is 1.18. The lowest BCUT2D eigenvalue weighted by molar-refractivity contribution is 0.482. The second kappa shape index (κ2) is 8.57. The summed E-state index contributed by atoms with van der Waals surface area (Å²) in [6.45, 7) is 6.49. The highest BCUT2D eigenvalue weighted by Gasteiger charge is 2.13. The monoisotopic (exact) mass is 286 g/mol. The number of pyridine rings is 1. The van der Waals surface area contributed by atoms with E-state index in [0.717, 1.165) is 38.8 Å². The van der Waals surface area contributed by atoms with Crippen LogP contribution < -0.4 is 5.32 Å². The van der Waals surface area contributed by atoms with E-state index in [-0.39, 0.29) is 0 Å². The second-order valence-electron chi connectivity index (χ2n) is 5.46. The maximum absolute atomic E-state index is 4.53. The smallest absolute Gasteiger partial charge is 0.110 e. The number of aryl methyl sites for hydroxylation is 1. The van der Waals surface area contributed by atoms with Crippen LogP contribution in [0.5, 0.6) is 0 Å². The van der Waals surface area contributed by atoms with Crippen molar-refractivity contribution in [3.05, 3.63) is 48.3 Å². The van der Waals surface area contributed by atoms with E-state index in [9.17, 15) is 0 Å². The van der Waals surface area contributed by atoms with Crippen molar-refractivity contribution in [2.75, 3.05) is 6.54 Å². The normalized spacial score (nSPS) is 12.5. The van der Waals surface area contributed by atoms with Crippen molar-refractivity contribution in [1.82, 2.24) is 19.9 Å². The Morgan fingerprint density at radius 1 is 1.19 bits per heavy atom. The molecule has 114 valence electrons. The van der Waals surface area contributed by atoms with Crippen LogP contribution in [0.2, 0.25) is 0 Å². The Kier molecular flexibility index (Phi) is 6.41. The summed E-state index contributed by atoms with van der Waals surface area (Å²) in [7, 11) is 0. The molecule has 0 bridgehead atoms. The molecular weight excluding hydrogens is 260 g/mol. The highest BCUT2D eigenvalue weighted by molar-refractivity contribution is 5.11. The molecular formula is C17H26N4. The first-order valence-electron chi connectivity index (χ1n) is 7.95. The van der Waals surface area contributed by atoms with Gasteiger partial charge in [-0.15, -0.1) is 0 Å². The minimum absolute atomic E-state index is 0.409. The molecule has 4 heteroatoms. The predicted molar refractivity (Wildman–Crippen MR) is 86.2 cm³/mol. The Bertz CT molecular complexity index is 507. The van der Waals surface area contributed by atoms with Gasteiger partial charge in [0.2, 0.25) is 0 Å². The molecule has 0 amide bonds. The third-order valence-electron chi connectivity index (χ3n) is 3.58. The first-order chi connectivity index (χ1) is 10.3. The number of nitrogens with one attached hydrogen (secondary N) is 1. The van der Waals surface area contributed by atoms with Crippen molar-refractivity contribution in [1.29, 1.82) is 0 Å². The fourth-order valence-corrected chi connectivity index (χ4v) is 2.56. The zero-order chi connectivity index (χ0) is 14.9. The molecule has 1 unspecified atom stereocenters. The van der Waals surface area contributed by atoms with Crippen molar-refractivity contribution in [3.63, 3.8) is 0 Å². The molecule has 1 N–H and O–H groups in total. The Morgan fingerprint density at radius 2 is 2.10 bits per heavy atom. The van der Waals surface area contributed by atoms with Gasteiger partial charge < -0.3 is 9.88 Å². The molecule has 0 fully saturated rings. The molecule has 0 aromatic carbocycles. The summed E-state index contributed by atoms with van der Waals surface area (Å²) in [4.78, 5) is 8.75. The lowest BCUT2D eigenvalue weighted by Crippen LogP contribution is -2.34. The summed E-state index contributed by atoms with van der Waals surface area (Å²) in [5.41, 5.74) is 1.28. The molecule has 0 radical (unpaired) electrons. The van der Waals surface area contributed by atoms with Gasteiger partial charge in [0.25, 0.3) is 0 Å². The van der Waals surface area contributed by atoms with Crippen LogP contribution in [-0.2, 0) is 19.4 Å². The Balaban J connectivity index is 2.03. The molecule has 2 heterocycles. The Hall–Kier alpha value is -1.68. The van der Waals surface area contributed by atoms with Crippen molar-refractivity contribution in [3.8, 4) is 0 Å². The van der Waals surface area contributed by atoms with Crippen LogP contribution >= 0.6 is 0 Å². The lowest BCUT2D eigenvalue weighted by Gasteiger charge is -2.19. The molecule has 0 aliphatic rings. The molecule has 0 spiro atoms. The third-order valence-corrected chi connectivity index (χ3v) is 3.58. The molecule has 1 atom stereocenters. The molecule has 0 saturated carbocycles. The quantitative estimate of drug-likeness (QED) is 0.771. The fourth-order valence-electron chi connectivity index (χ4n) is 2.56. The SMILES string of the molecule is CCCNC(Cc1cccnc1)Cc1nccn1CCC. The van der Waals surface area contributed by atoms with Gasteiger partial charge in [0, 0.05) is 43.8 Å². The van der Waals surface area contributed by atoms with Gasteiger partial charge in [-0.2, -0.15) is 0 Å². The van der Waals surface area contributed by atoms with E-state index in [1.54, 1.807) is 0 Å². The largest absolute Gasteiger partial charge is 0.335 e. The molecule has 2 aromatic heterocycles. The van der Waals surface area contributed by atoms with Gasteiger partial charge in [-0.3, -0.25) is 4.98 Å². The number of nitrogens with zero attached hydrogens (tertiary/aromatic N) is 3. The van der Waals surface area contributed by atoms with Crippen LogP contribution in [0.15, 0.2) is 36.9 Å². The van der Waals surface area contributed by atoms with Gasteiger partial charge in [0.05, 0.1) is 0 Å². The summed E-state index contributed by atoms with van der Waals surface area (Å²) >= 11 is 0. The lowest BCUT2D eigenvalue weighted by atomic mass is 10.0. The van der Waals surface area contributed by atoms with Gasteiger partial charge in [-0.25, -0.2) is 4.98 Å². The van der Waals surface area contributed by atoms with Gasteiger partial charge in [-0.1, -0.05) is 19.9 Å². The zero-order valence-corrected chi connectivity index (χ0v) is 13.1. The summed E-state index contributed by atoms with van der Waals surface area (Å²) in [6.07, 6.45) is 12.0. The van der Waals surface area contributed by atoms with E-state index < -0.39 is 0 Å². The first-order valence-corrected chi connectivity index (χ1v) is 7.95. The average molecular weight is 286 g/mol. The van der Waals surface area contributed by atoms with E-state index in [0.29, 0.717) is 6.04 Å². The average Bonchev–Trinajstić information content (AvgIpc) is 2.93. The minimum Gasteiger partial charge on any atom is -0.335 e. The number of aromatic nitrogens is 3. The van der Waals surface area contributed by atoms with Crippen molar-refractivity contribution in [2.24, 2.45) is 0 Å². The molecule has 0 saturated heterocycles. The van der Waals surface area contributed by atoms with Crippen LogP contribution in [0.25, 0.3) is 0 Å². The highest BCUT2D eigenvalue weighted by atomic mass is 15.1. The summed E-state index contributed by atoms with van der Waals surface area (Å²) < 4.78 is 2.27. The Morgan fingerprint density at radius 3 is 2.81 bits per heavy atom. The van der Waals surface area contributed by atoms with E-state index in [1.807, 2.05) is 24.7 Å². The van der Waals surface area contributed by atoms with E-state index in [4.69, 9.17) is 0 Å². The van der Waals surface area contributed by atoms with Crippen LogP contribution in [0.1, 0.15) is 38.1 Å². The maximum atomic E-state index is 4.53. The Labute approximate surface area is 127 Å². The van der Waals surface area contributed by atoms with Crippen LogP contribution in [0, 0.1) is 0 Å². The topological polar surface area (TPSA) is 42.7 Å². The third kappa shape index (κ3) is 4.97. The maximum Gasteiger partial charge on any atom is 0.110 e. The number of hydrogen-bond acceptors (Lipinski definition) is 3. The standard InChI is InChI=1S/C17H26N4/c1-3-7-19-16(12-15-6-5-8-18-14-15)13-17-20-9-11-21(17)10-4-2/h5-6,8-9,11,14,16,19H,3-4,7,10,12-13H2,1-2H3. The van der Waals surface area contributed by atoms with Crippen LogP contribution in [0.4, 0.5) is 0 Å². The minimum atomic E-state index is 0.409. The van der Waals surface area contributed by atoms with Gasteiger partial charge >= 0.3 is 0 Å². The van der Waals surface area contributed by atoms with Crippen LogP contribution in [0.3, 0.4) is 0 Å². The molecule has 2 aromatic rings. The van der Waals surface area contributed by atoms with Gasteiger partial charge in [-0.05, 0) is 37.4 Å². The number of rotatable bonds is 9. The van der Waals surface area contributed by atoms with Crippen molar-refractivity contribution >= 4 is 0 Å². The van der Waals surface area contributed by atoms with Gasteiger partial charge in [0.1, 0.15) is 5.82 Å². The zero-order valence-electron chi connectivity index (χ0n) is 13.1. The van der Waals surface area contributed by atoms with Crippen LogP contribution in [-0.4, -0.2) is 27.1 Å². The molecule has 4 nitrogen and oxygen atoms in total. The molecule has 0 aliphatic heterocycles. The van der Waals surface area contributed by atoms with Crippen molar-refractivity contribution < 1.29 is 0 Å². The highest BCUT2D eigenvalue weighted by Crippen LogP contribution is 2.08. The predicted octanol–water partition coefficient (Wildman–Crippen LogP) is 2.84. The fraction of sp³-hybridized carbons (Fsp3) is 0.529.